The first-order valence-electron chi connectivity index (χ1n) is 6.48. The van der Waals surface area contributed by atoms with E-state index in [9.17, 15) is 4.39 Å². The van der Waals surface area contributed by atoms with E-state index in [0.29, 0.717) is 16.1 Å². The number of aliphatic imine (C=N–C) groups is 1. The van der Waals surface area contributed by atoms with Crippen LogP contribution in [0.1, 0.15) is 26.7 Å². The molecule has 1 aromatic carbocycles. The zero-order chi connectivity index (χ0) is 13.9. The van der Waals surface area contributed by atoms with E-state index >= 15 is 0 Å². The zero-order valence-electron chi connectivity index (χ0n) is 11.2. The summed E-state index contributed by atoms with van der Waals surface area (Å²) in [6.45, 7) is 5.22. The summed E-state index contributed by atoms with van der Waals surface area (Å²) in [6, 6.07) is 4.62. The minimum atomic E-state index is -0.349. The van der Waals surface area contributed by atoms with Crippen molar-refractivity contribution in [3.8, 4) is 0 Å². The number of benzene rings is 1. The van der Waals surface area contributed by atoms with Gasteiger partial charge in [-0.1, -0.05) is 37.2 Å². The van der Waals surface area contributed by atoms with Crippen molar-refractivity contribution in [1.82, 2.24) is 0 Å². The molecule has 2 rings (SSSR count). The third kappa shape index (κ3) is 3.42. The molecule has 5 heteroatoms. The number of halogens is 2. The Morgan fingerprint density at radius 1 is 1.42 bits per heavy atom. The molecule has 0 saturated carbocycles. The first kappa shape index (κ1) is 14.7. The second-order valence-corrected chi connectivity index (χ2v) is 6.27. The Hall–Kier alpha value is -0.740. The minimum Gasteiger partial charge on any atom is -0.333 e. The molecule has 1 N–H and O–H groups in total. The van der Waals surface area contributed by atoms with Gasteiger partial charge in [0.05, 0.1) is 5.69 Å². The molecule has 0 radical (unpaired) electrons. The monoisotopic (exact) mass is 300 g/mol. The molecule has 1 aromatic rings. The van der Waals surface area contributed by atoms with Gasteiger partial charge in [-0.25, -0.2) is 4.39 Å². The Balaban J connectivity index is 2.07. The molecule has 0 amide bonds. The largest absolute Gasteiger partial charge is 0.333 e. The average Bonchev–Trinajstić information content (AvgIpc) is 2.43. The predicted octanol–water partition coefficient (Wildman–Crippen LogP) is 4.80. The summed E-state index contributed by atoms with van der Waals surface area (Å²) >= 11 is 7.40. The van der Waals surface area contributed by atoms with Gasteiger partial charge in [-0.15, -0.1) is 0 Å². The van der Waals surface area contributed by atoms with Gasteiger partial charge in [0.15, 0.2) is 5.17 Å². The molecule has 0 atom stereocenters. The van der Waals surface area contributed by atoms with Crippen LogP contribution >= 0.6 is 23.4 Å². The van der Waals surface area contributed by atoms with Crippen molar-refractivity contribution in [3.63, 3.8) is 0 Å². The number of hydrogen-bond acceptors (Lipinski definition) is 3. The third-order valence-corrected chi connectivity index (χ3v) is 5.24. The highest BCUT2D eigenvalue weighted by Crippen LogP contribution is 2.35. The first-order chi connectivity index (χ1) is 9.08. The number of nitrogens with zero attached hydrogens (tertiary/aromatic N) is 1. The van der Waals surface area contributed by atoms with Crippen LogP contribution in [0.4, 0.5) is 10.1 Å². The minimum absolute atomic E-state index is 0.300. The van der Waals surface area contributed by atoms with Crippen molar-refractivity contribution >= 4 is 34.2 Å². The lowest BCUT2D eigenvalue weighted by Crippen LogP contribution is -2.32. The van der Waals surface area contributed by atoms with E-state index in [1.807, 2.05) is 0 Å². The van der Waals surface area contributed by atoms with Crippen molar-refractivity contribution in [1.29, 1.82) is 0 Å². The van der Waals surface area contributed by atoms with Crippen LogP contribution < -0.4 is 5.32 Å². The highest BCUT2D eigenvalue weighted by molar-refractivity contribution is 8.14. The van der Waals surface area contributed by atoms with Gasteiger partial charge < -0.3 is 5.32 Å². The summed E-state index contributed by atoms with van der Waals surface area (Å²) < 4.78 is 13.7. The molecule has 1 aliphatic rings. The standard InChI is InChI=1S/C14H18ClFN2S/c1-3-14(4-2)8-17-13(19-9-14)18-12-6-5-10(15)7-11(12)16/h5-7H,3-4,8-9H2,1-2H3,(H,17,18). The lowest BCUT2D eigenvalue weighted by molar-refractivity contribution is 0.318. The zero-order valence-corrected chi connectivity index (χ0v) is 12.7. The molecular formula is C14H18ClFN2S. The van der Waals surface area contributed by atoms with Crippen molar-refractivity contribution in [2.45, 2.75) is 26.7 Å². The fraction of sp³-hybridized carbons (Fsp3) is 0.500. The molecule has 0 aliphatic carbocycles. The van der Waals surface area contributed by atoms with Crippen LogP contribution in [0.25, 0.3) is 0 Å². The lowest BCUT2D eigenvalue weighted by Gasteiger charge is -2.33. The van der Waals surface area contributed by atoms with Crippen LogP contribution in [-0.2, 0) is 0 Å². The Morgan fingerprint density at radius 3 is 2.68 bits per heavy atom. The third-order valence-electron chi connectivity index (χ3n) is 3.75. The Bertz CT molecular complexity index is 486. The van der Waals surface area contributed by atoms with Gasteiger partial charge in [0.2, 0.25) is 0 Å². The van der Waals surface area contributed by atoms with Crippen molar-refractivity contribution in [2.24, 2.45) is 10.4 Å². The summed E-state index contributed by atoms with van der Waals surface area (Å²) in [5.41, 5.74) is 0.727. The van der Waals surface area contributed by atoms with E-state index in [2.05, 4.69) is 24.2 Å². The van der Waals surface area contributed by atoms with Gasteiger partial charge in [-0.2, -0.15) is 0 Å². The molecule has 1 heterocycles. The first-order valence-corrected chi connectivity index (χ1v) is 7.84. The molecule has 0 saturated heterocycles. The SMILES string of the molecule is CCC1(CC)CN=C(Nc2ccc(Cl)cc2F)SC1. The normalized spacial score (nSPS) is 18.0. The number of rotatable bonds is 3. The number of amidine groups is 1. The van der Waals surface area contributed by atoms with Gasteiger partial charge in [0, 0.05) is 17.3 Å². The molecule has 0 unspecified atom stereocenters. The average molecular weight is 301 g/mol. The molecule has 0 spiro atoms. The summed E-state index contributed by atoms with van der Waals surface area (Å²) in [6.07, 6.45) is 2.26. The van der Waals surface area contributed by atoms with Crippen LogP contribution in [-0.4, -0.2) is 17.5 Å². The Morgan fingerprint density at radius 2 is 2.16 bits per heavy atom. The topological polar surface area (TPSA) is 24.4 Å². The van der Waals surface area contributed by atoms with E-state index in [4.69, 9.17) is 11.6 Å². The van der Waals surface area contributed by atoms with Crippen LogP contribution in [0.3, 0.4) is 0 Å². The second-order valence-electron chi connectivity index (χ2n) is 4.87. The number of hydrogen-bond donors (Lipinski definition) is 1. The van der Waals surface area contributed by atoms with Crippen molar-refractivity contribution < 1.29 is 4.39 Å². The molecule has 2 nitrogen and oxygen atoms in total. The Kier molecular flexibility index (Phi) is 4.74. The van der Waals surface area contributed by atoms with E-state index in [-0.39, 0.29) is 5.82 Å². The molecule has 0 bridgehead atoms. The summed E-state index contributed by atoms with van der Waals surface area (Å²) in [7, 11) is 0. The van der Waals surface area contributed by atoms with Crippen LogP contribution in [0.5, 0.6) is 0 Å². The predicted molar refractivity (Wildman–Crippen MR) is 82.8 cm³/mol. The van der Waals surface area contributed by atoms with Crippen LogP contribution in [0.15, 0.2) is 23.2 Å². The quantitative estimate of drug-likeness (QED) is 0.867. The summed E-state index contributed by atoms with van der Waals surface area (Å²) in [5, 5.41) is 4.23. The number of anilines is 1. The van der Waals surface area contributed by atoms with E-state index < -0.39 is 0 Å². The molecule has 104 valence electrons. The molecule has 0 aromatic heterocycles. The fourth-order valence-corrected chi connectivity index (χ4v) is 3.45. The second kappa shape index (κ2) is 6.14. The van der Waals surface area contributed by atoms with E-state index in [0.717, 1.165) is 30.3 Å². The molecule has 19 heavy (non-hydrogen) atoms. The molecule has 0 fully saturated rings. The van der Waals surface area contributed by atoms with Gasteiger partial charge in [0.25, 0.3) is 0 Å². The van der Waals surface area contributed by atoms with E-state index in [1.54, 1.807) is 23.9 Å². The lowest BCUT2D eigenvalue weighted by atomic mass is 9.84. The molecule has 1 aliphatic heterocycles. The maximum Gasteiger partial charge on any atom is 0.161 e. The summed E-state index contributed by atoms with van der Waals surface area (Å²) in [4.78, 5) is 4.55. The highest BCUT2D eigenvalue weighted by Gasteiger charge is 2.30. The van der Waals surface area contributed by atoms with Crippen LogP contribution in [0, 0.1) is 11.2 Å². The number of nitrogens with one attached hydrogen (secondary N) is 1. The maximum absolute atomic E-state index is 13.7. The summed E-state index contributed by atoms with van der Waals surface area (Å²) in [5.74, 6) is 0.680. The van der Waals surface area contributed by atoms with Crippen molar-refractivity contribution in [3.05, 3.63) is 29.0 Å². The smallest absolute Gasteiger partial charge is 0.161 e. The molecular weight excluding hydrogens is 283 g/mol. The maximum atomic E-state index is 13.7. The van der Waals surface area contributed by atoms with Gasteiger partial charge in [0.1, 0.15) is 5.82 Å². The fourth-order valence-electron chi connectivity index (χ4n) is 2.01. The van der Waals surface area contributed by atoms with Gasteiger partial charge >= 0.3 is 0 Å². The van der Waals surface area contributed by atoms with Gasteiger partial charge in [-0.3, -0.25) is 4.99 Å². The van der Waals surface area contributed by atoms with Gasteiger partial charge in [-0.05, 0) is 36.5 Å². The Labute approximate surface area is 122 Å². The van der Waals surface area contributed by atoms with Crippen LogP contribution in [0.2, 0.25) is 5.02 Å². The van der Waals surface area contributed by atoms with Crippen molar-refractivity contribution in [2.75, 3.05) is 17.6 Å². The van der Waals surface area contributed by atoms with E-state index in [1.165, 1.54) is 6.07 Å². The number of thioether (sulfide) groups is 1. The highest BCUT2D eigenvalue weighted by atomic mass is 35.5.